The van der Waals surface area contributed by atoms with Crippen molar-refractivity contribution in [2.24, 2.45) is 5.41 Å². The second-order valence-corrected chi connectivity index (χ2v) is 5.67. The van der Waals surface area contributed by atoms with Crippen molar-refractivity contribution in [1.29, 1.82) is 0 Å². The van der Waals surface area contributed by atoms with E-state index in [1.165, 1.54) is 11.1 Å². The summed E-state index contributed by atoms with van der Waals surface area (Å²) in [5, 5.41) is 0.782. The van der Waals surface area contributed by atoms with E-state index in [4.69, 9.17) is 4.74 Å². The standard InChI is InChI=1S/C17H19BrO2/c1-2-20-16(19)17(12-13-18)10-8-15(9-11-17)14-6-4-3-5-7-14/h3-10H,2,11-13H2,1H3. The maximum Gasteiger partial charge on any atom is 0.316 e. The van der Waals surface area contributed by atoms with Crippen LogP contribution >= 0.6 is 15.9 Å². The van der Waals surface area contributed by atoms with Gasteiger partial charge in [-0.1, -0.05) is 64.5 Å². The van der Waals surface area contributed by atoms with Crippen molar-refractivity contribution >= 4 is 27.5 Å². The first-order chi connectivity index (χ1) is 9.72. The molecule has 0 spiro atoms. The zero-order chi connectivity index (χ0) is 14.4. The molecule has 0 aliphatic heterocycles. The highest BCUT2D eigenvalue weighted by molar-refractivity contribution is 9.09. The molecular formula is C17H19BrO2. The van der Waals surface area contributed by atoms with Crippen LogP contribution < -0.4 is 0 Å². The zero-order valence-corrected chi connectivity index (χ0v) is 13.2. The van der Waals surface area contributed by atoms with Gasteiger partial charge in [-0.3, -0.25) is 4.79 Å². The largest absolute Gasteiger partial charge is 0.465 e. The number of hydrogen-bond acceptors (Lipinski definition) is 2. The molecule has 0 saturated carbocycles. The maximum absolute atomic E-state index is 12.2. The highest BCUT2D eigenvalue weighted by Crippen LogP contribution is 2.37. The normalized spacial score (nSPS) is 21.4. The zero-order valence-electron chi connectivity index (χ0n) is 11.6. The predicted molar refractivity (Wildman–Crippen MR) is 85.7 cm³/mol. The summed E-state index contributed by atoms with van der Waals surface area (Å²) in [5.41, 5.74) is 1.83. The van der Waals surface area contributed by atoms with Gasteiger partial charge in [-0.2, -0.15) is 0 Å². The molecule has 3 heteroatoms. The fourth-order valence-electron chi connectivity index (χ4n) is 2.40. The Labute approximate surface area is 128 Å². The fraction of sp³-hybridized carbons (Fsp3) is 0.353. The molecule has 0 radical (unpaired) electrons. The molecule has 0 amide bonds. The Morgan fingerprint density at radius 1 is 1.35 bits per heavy atom. The number of allylic oxidation sites excluding steroid dienone is 3. The van der Waals surface area contributed by atoms with Gasteiger partial charge in [0.2, 0.25) is 0 Å². The average Bonchev–Trinajstić information content (AvgIpc) is 2.49. The van der Waals surface area contributed by atoms with Crippen molar-refractivity contribution in [3.63, 3.8) is 0 Å². The fourth-order valence-corrected chi connectivity index (χ4v) is 3.11. The first-order valence-electron chi connectivity index (χ1n) is 6.90. The highest BCUT2D eigenvalue weighted by Gasteiger charge is 2.37. The van der Waals surface area contributed by atoms with Crippen molar-refractivity contribution in [1.82, 2.24) is 0 Å². The molecule has 0 aromatic heterocycles. The third-order valence-corrected chi connectivity index (χ3v) is 3.99. The van der Waals surface area contributed by atoms with Crippen LogP contribution in [0.25, 0.3) is 5.57 Å². The van der Waals surface area contributed by atoms with Crippen LogP contribution in [0.2, 0.25) is 0 Å². The minimum atomic E-state index is -0.516. The monoisotopic (exact) mass is 334 g/mol. The van der Waals surface area contributed by atoms with Crippen LogP contribution in [0.5, 0.6) is 0 Å². The summed E-state index contributed by atoms with van der Waals surface area (Å²) in [6, 6.07) is 10.2. The van der Waals surface area contributed by atoms with Crippen molar-refractivity contribution in [3.05, 3.63) is 54.1 Å². The molecule has 1 aromatic rings. The van der Waals surface area contributed by atoms with Crippen molar-refractivity contribution in [2.75, 3.05) is 11.9 Å². The van der Waals surface area contributed by atoms with Gasteiger partial charge in [0, 0.05) is 5.33 Å². The molecule has 0 saturated heterocycles. The van der Waals surface area contributed by atoms with Crippen LogP contribution in [0.3, 0.4) is 0 Å². The minimum absolute atomic E-state index is 0.126. The lowest BCUT2D eigenvalue weighted by molar-refractivity contribution is -0.152. The number of halogens is 1. The van der Waals surface area contributed by atoms with E-state index in [0.717, 1.165) is 11.8 Å². The molecule has 20 heavy (non-hydrogen) atoms. The number of carbonyl (C=O) groups excluding carboxylic acids is 1. The first kappa shape index (κ1) is 15.0. The summed E-state index contributed by atoms with van der Waals surface area (Å²) >= 11 is 3.44. The molecule has 1 aliphatic carbocycles. The van der Waals surface area contributed by atoms with E-state index < -0.39 is 5.41 Å². The van der Waals surface area contributed by atoms with E-state index in [1.54, 1.807) is 0 Å². The van der Waals surface area contributed by atoms with Gasteiger partial charge in [0.1, 0.15) is 0 Å². The van der Waals surface area contributed by atoms with E-state index in [1.807, 2.05) is 37.3 Å². The summed E-state index contributed by atoms with van der Waals surface area (Å²) < 4.78 is 5.24. The van der Waals surface area contributed by atoms with E-state index in [2.05, 4.69) is 34.1 Å². The Balaban J connectivity index is 2.20. The van der Waals surface area contributed by atoms with Gasteiger partial charge in [-0.25, -0.2) is 0 Å². The summed E-state index contributed by atoms with van der Waals surface area (Å²) in [7, 11) is 0. The first-order valence-corrected chi connectivity index (χ1v) is 8.02. The van der Waals surface area contributed by atoms with Gasteiger partial charge in [-0.05, 0) is 30.9 Å². The molecule has 1 aromatic carbocycles. The van der Waals surface area contributed by atoms with Gasteiger partial charge < -0.3 is 4.74 Å². The summed E-state index contributed by atoms with van der Waals surface area (Å²) in [6.45, 7) is 2.27. The smallest absolute Gasteiger partial charge is 0.316 e. The van der Waals surface area contributed by atoms with Gasteiger partial charge in [0.25, 0.3) is 0 Å². The van der Waals surface area contributed by atoms with E-state index in [9.17, 15) is 4.79 Å². The van der Waals surface area contributed by atoms with Gasteiger partial charge in [-0.15, -0.1) is 0 Å². The van der Waals surface area contributed by atoms with Gasteiger partial charge >= 0.3 is 5.97 Å². The van der Waals surface area contributed by atoms with Crippen molar-refractivity contribution in [2.45, 2.75) is 19.8 Å². The lowest BCUT2D eigenvalue weighted by Crippen LogP contribution is -2.32. The molecule has 1 unspecified atom stereocenters. The average molecular weight is 335 g/mol. The molecule has 2 rings (SSSR count). The quantitative estimate of drug-likeness (QED) is 0.590. The Morgan fingerprint density at radius 2 is 2.10 bits per heavy atom. The molecule has 106 valence electrons. The van der Waals surface area contributed by atoms with Gasteiger partial charge in [0.15, 0.2) is 0 Å². The molecule has 0 heterocycles. The Morgan fingerprint density at radius 3 is 2.65 bits per heavy atom. The van der Waals surface area contributed by atoms with Crippen LogP contribution in [0, 0.1) is 5.41 Å². The van der Waals surface area contributed by atoms with Crippen molar-refractivity contribution in [3.8, 4) is 0 Å². The van der Waals surface area contributed by atoms with Crippen LogP contribution in [-0.4, -0.2) is 17.9 Å². The number of carbonyl (C=O) groups is 1. The van der Waals surface area contributed by atoms with Crippen LogP contribution in [0.15, 0.2) is 48.6 Å². The molecule has 0 N–H and O–H groups in total. The highest BCUT2D eigenvalue weighted by atomic mass is 79.9. The number of alkyl halides is 1. The van der Waals surface area contributed by atoms with E-state index in [0.29, 0.717) is 13.0 Å². The third-order valence-electron chi connectivity index (χ3n) is 3.60. The van der Waals surface area contributed by atoms with Crippen LogP contribution in [-0.2, 0) is 9.53 Å². The molecule has 0 bridgehead atoms. The number of esters is 1. The number of hydrogen-bond donors (Lipinski definition) is 0. The molecule has 0 fully saturated rings. The van der Waals surface area contributed by atoms with Crippen LogP contribution in [0.1, 0.15) is 25.3 Å². The molecular weight excluding hydrogens is 316 g/mol. The molecule has 1 aliphatic rings. The maximum atomic E-state index is 12.2. The van der Waals surface area contributed by atoms with Crippen molar-refractivity contribution < 1.29 is 9.53 Å². The minimum Gasteiger partial charge on any atom is -0.465 e. The van der Waals surface area contributed by atoms with E-state index >= 15 is 0 Å². The third kappa shape index (κ3) is 3.21. The Hall–Kier alpha value is -1.35. The number of benzene rings is 1. The Bertz CT molecular complexity index is 519. The number of ether oxygens (including phenoxy) is 1. The summed E-state index contributed by atoms with van der Waals surface area (Å²) in [6.07, 6.45) is 7.63. The van der Waals surface area contributed by atoms with E-state index in [-0.39, 0.29) is 5.97 Å². The number of rotatable bonds is 5. The lowest BCUT2D eigenvalue weighted by Gasteiger charge is -2.29. The topological polar surface area (TPSA) is 26.3 Å². The molecule has 2 nitrogen and oxygen atoms in total. The van der Waals surface area contributed by atoms with Gasteiger partial charge in [0.05, 0.1) is 12.0 Å². The Kier molecular flexibility index (Phi) is 5.18. The lowest BCUT2D eigenvalue weighted by atomic mass is 9.77. The summed E-state index contributed by atoms with van der Waals surface area (Å²) in [5.74, 6) is -0.126. The van der Waals surface area contributed by atoms with Crippen LogP contribution in [0.4, 0.5) is 0 Å². The SMILES string of the molecule is CCOC(=O)C1(CCBr)C=CC(c2ccccc2)=CC1. The summed E-state index contributed by atoms with van der Waals surface area (Å²) in [4.78, 5) is 12.2. The predicted octanol–water partition coefficient (Wildman–Crippen LogP) is 4.36. The molecule has 1 atom stereocenters. The second kappa shape index (κ2) is 6.89. The second-order valence-electron chi connectivity index (χ2n) is 4.88.